The smallest absolute Gasteiger partial charge is 0.313 e. The molecule has 158 valence electrons. The van der Waals surface area contributed by atoms with Crippen LogP contribution in [0.2, 0.25) is 0 Å². The predicted octanol–water partition coefficient (Wildman–Crippen LogP) is 4.28. The van der Waals surface area contributed by atoms with Gasteiger partial charge in [0, 0.05) is 11.6 Å². The van der Waals surface area contributed by atoms with Gasteiger partial charge in [0.05, 0.1) is 20.1 Å². The van der Waals surface area contributed by atoms with Crippen LogP contribution in [0.15, 0.2) is 60.7 Å². The summed E-state index contributed by atoms with van der Waals surface area (Å²) in [5.74, 6) is -0.129. The quantitative estimate of drug-likeness (QED) is 0.524. The number of carbonyl (C=O) groups is 2. The SMILES string of the molecule is CCCc1ccc(C(=O)N[C@@H]2C=C[C@@H]([C@H](C(=O)OC)c3ccc(OC)cc3)C2)cc1. The van der Waals surface area contributed by atoms with E-state index in [0.717, 1.165) is 24.2 Å². The molecule has 1 aliphatic carbocycles. The van der Waals surface area contributed by atoms with Gasteiger partial charge in [0.25, 0.3) is 5.91 Å². The summed E-state index contributed by atoms with van der Waals surface area (Å²) >= 11 is 0. The van der Waals surface area contributed by atoms with Crippen molar-refractivity contribution in [3.63, 3.8) is 0 Å². The van der Waals surface area contributed by atoms with Crippen molar-refractivity contribution in [1.82, 2.24) is 5.32 Å². The van der Waals surface area contributed by atoms with Gasteiger partial charge in [0.15, 0.2) is 0 Å². The Kier molecular flexibility index (Phi) is 7.28. The van der Waals surface area contributed by atoms with Crippen LogP contribution in [0.4, 0.5) is 0 Å². The third kappa shape index (κ3) is 5.09. The summed E-state index contributed by atoms with van der Waals surface area (Å²) in [5.41, 5.74) is 2.75. The van der Waals surface area contributed by atoms with Gasteiger partial charge in [-0.3, -0.25) is 9.59 Å². The van der Waals surface area contributed by atoms with Crippen LogP contribution in [0, 0.1) is 5.92 Å². The van der Waals surface area contributed by atoms with Crippen LogP contribution in [0.3, 0.4) is 0 Å². The standard InChI is InChI=1S/C25H29NO4/c1-4-5-17-6-8-19(9-7-17)24(27)26-21-13-10-20(16-21)23(25(28)30-3)18-11-14-22(29-2)15-12-18/h6-15,20-21,23H,4-5,16H2,1-3H3,(H,26,27)/t20-,21-,23-/m1/s1. The van der Waals surface area contributed by atoms with Gasteiger partial charge in [-0.25, -0.2) is 0 Å². The summed E-state index contributed by atoms with van der Waals surface area (Å²) in [6.07, 6.45) is 6.70. The van der Waals surface area contributed by atoms with Crippen molar-refractivity contribution >= 4 is 11.9 Å². The monoisotopic (exact) mass is 407 g/mol. The number of methoxy groups -OCH3 is 2. The molecule has 5 heteroatoms. The van der Waals surface area contributed by atoms with Gasteiger partial charge >= 0.3 is 5.97 Å². The lowest BCUT2D eigenvalue weighted by Crippen LogP contribution is -2.33. The first kappa shape index (κ1) is 21.6. The highest BCUT2D eigenvalue weighted by Crippen LogP contribution is 2.35. The highest BCUT2D eigenvalue weighted by atomic mass is 16.5. The van der Waals surface area contributed by atoms with Gasteiger partial charge in [-0.1, -0.05) is 49.8 Å². The fourth-order valence-electron chi connectivity index (χ4n) is 3.94. The summed E-state index contributed by atoms with van der Waals surface area (Å²) < 4.78 is 10.3. The van der Waals surface area contributed by atoms with Gasteiger partial charge in [-0.2, -0.15) is 0 Å². The molecule has 3 atom stereocenters. The van der Waals surface area contributed by atoms with Gasteiger partial charge in [0.1, 0.15) is 5.75 Å². The maximum absolute atomic E-state index is 12.6. The Morgan fingerprint density at radius 1 is 1.03 bits per heavy atom. The maximum Gasteiger partial charge on any atom is 0.313 e. The van der Waals surface area contributed by atoms with E-state index in [1.165, 1.54) is 12.7 Å². The molecule has 1 amide bonds. The molecule has 2 aromatic carbocycles. The zero-order chi connectivity index (χ0) is 21.5. The molecule has 0 unspecified atom stereocenters. The van der Waals surface area contributed by atoms with Crippen LogP contribution in [-0.4, -0.2) is 32.1 Å². The lowest BCUT2D eigenvalue weighted by molar-refractivity contribution is -0.143. The van der Waals surface area contributed by atoms with Gasteiger partial charge in [-0.15, -0.1) is 0 Å². The van der Waals surface area contributed by atoms with E-state index in [1.54, 1.807) is 7.11 Å². The highest BCUT2D eigenvalue weighted by molar-refractivity contribution is 5.94. The molecule has 0 spiro atoms. The predicted molar refractivity (Wildman–Crippen MR) is 117 cm³/mol. The second kappa shape index (κ2) is 10.1. The Hall–Kier alpha value is -3.08. The molecular formula is C25H29NO4. The number of carbonyl (C=O) groups excluding carboxylic acids is 2. The Balaban J connectivity index is 1.66. The van der Waals surface area contributed by atoms with Crippen molar-refractivity contribution in [2.24, 2.45) is 5.92 Å². The second-order valence-corrected chi connectivity index (χ2v) is 7.59. The van der Waals surface area contributed by atoms with E-state index in [0.29, 0.717) is 12.0 Å². The molecule has 0 saturated carbocycles. The number of rotatable bonds is 8. The summed E-state index contributed by atoms with van der Waals surface area (Å²) in [4.78, 5) is 25.1. The third-order valence-corrected chi connectivity index (χ3v) is 5.55. The minimum Gasteiger partial charge on any atom is -0.497 e. The van der Waals surface area contributed by atoms with Crippen molar-refractivity contribution in [1.29, 1.82) is 0 Å². The summed E-state index contributed by atoms with van der Waals surface area (Å²) in [7, 11) is 3.01. The molecular weight excluding hydrogens is 378 g/mol. The molecule has 5 nitrogen and oxygen atoms in total. The number of nitrogens with one attached hydrogen (secondary N) is 1. The van der Waals surface area contributed by atoms with Crippen LogP contribution in [0.5, 0.6) is 5.75 Å². The molecule has 30 heavy (non-hydrogen) atoms. The lowest BCUT2D eigenvalue weighted by Gasteiger charge is -2.22. The largest absolute Gasteiger partial charge is 0.497 e. The van der Waals surface area contributed by atoms with Gasteiger partial charge < -0.3 is 14.8 Å². The fraction of sp³-hybridized carbons (Fsp3) is 0.360. The highest BCUT2D eigenvalue weighted by Gasteiger charge is 2.34. The molecule has 0 saturated heterocycles. The molecule has 0 bridgehead atoms. The van der Waals surface area contributed by atoms with E-state index < -0.39 is 5.92 Å². The maximum atomic E-state index is 12.6. The van der Waals surface area contributed by atoms with Crippen LogP contribution in [-0.2, 0) is 16.0 Å². The van der Waals surface area contributed by atoms with Crippen LogP contribution >= 0.6 is 0 Å². The Labute approximate surface area is 178 Å². The first-order valence-corrected chi connectivity index (χ1v) is 10.4. The van der Waals surface area contributed by atoms with E-state index >= 15 is 0 Å². The number of esters is 1. The number of hydrogen-bond donors (Lipinski definition) is 1. The molecule has 0 heterocycles. The normalized spacial score (nSPS) is 18.6. The van der Waals surface area contributed by atoms with E-state index in [4.69, 9.17) is 9.47 Å². The van der Waals surface area contributed by atoms with Crippen molar-refractivity contribution in [3.8, 4) is 5.75 Å². The van der Waals surface area contributed by atoms with Crippen LogP contribution in [0.25, 0.3) is 0 Å². The first-order valence-electron chi connectivity index (χ1n) is 10.4. The first-order chi connectivity index (χ1) is 14.5. The van der Waals surface area contributed by atoms with Crippen molar-refractivity contribution in [3.05, 3.63) is 77.4 Å². The van der Waals surface area contributed by atoms with Gasteiger partial charge in [0.2, 0.25) is 0 Å². The zero-order valence-corrected chi connectivity index (χ0v) is 17.8. The molecule has 0 aromatic heterocycles. The average Bonchev–Trinajstić information content (AvgIpc) is 3.22. The minimum atomic E-state index is -0.424. The number of aryl methyl sites for hydroxylation is 1. The molecule has 3 rings (SSSR count). The zero-order valence-electron chi connectivity index (χ0n) is 17.8. The summed E-state index contributed by atoms with van der Waals surface area (Å²) in [6, 6.07) is 15.1. The van der Waals surface area contributed by atoms with Crippen LogP contribution < -0.4 is 10.1 Å². The molecule has 0 radical (unpaired) electrons. The van der Waals surface area contributed by atoms with Crippen molar-refractivity contribution in [2.75, 3.05) is 14.2 Å². The molecule has 0 aliphatic heterocycles. The Morgan fingerprint density at radius 3 is 2.33 bits per heavy atom. The Morgan fingerprint density at radius 2 is 1.73 bits per heavy atom. The number of benzene rings is 2. The lowest BCUT2D eigenvalue weighted by atomic mass is 9.85. The van der Waals surface area contributed by atoms with E-state index in [2.05, 4.69) is 12.2 Å². The summed E-state index contributed by atoms with van der Waals surface area (Å²) in [5, 5.41) is 3.06. The second-order valence-electron chi connectivity index (χ2n) is 7.59. The molecule has 2 aromatic rings. The molecule has 1 N–H and O–H groups in total. The van der Waals surface area contributed by atoms with E-state index in [9.17, 15) is 9.59 Å². The van der Waals surface area contributed by atoms with E-state index in [1.807, 2.05) is 60.7 Å². The van der Waals surface area contributed by atoms with Crippen LogP contribution in [0.1, 0.15) is 47.2 Å². The molecule has 1 aliphatic rings. The minimum absolute atomic E-state index is 0.0527. The van der Waals surface area contributed by atoms with Crippen molar-refractivity contribution < 1.29 is 19.1 Å². The van der Waals surface area contributed by atoms with Crippen molar-refractivity contribution in [2.45, 2.75) is 38.1 Å². The molecule has 0 fully saturated rings. The topological polar surface area (TPSA) is 64.6 Å². The van der Waals surface area contributed by atoms with Gasteiger partial charge in [-0.05, 0) is 54.2 Å². The third-order valence-electron chi connectivity index (χ3n) is 5.55. The Bertz CT molecular complexity index is 886. The number of allylic oxidation sites excluding steroid dienone is 1. The van der Waals surface area contributed by atoms with E-state index in [-0.39, 0.29) is 23.8 Å². The summed E-state index contributed by atoms with van der Waals surface area (Å²) in [6.45, 7) is 2.14. The number of hydrogen-bond acceptors (Lipinski definition) is 4. The fourth-order valence-corrected chi connectivity index (χ4v) is 3.94. The number of ether oxygens (including phenoxy) is 2. The average molecular weight is 408 g/mol. The number of amides is 1.